The van der Waals surface area contributed by atoms with Crippen molar-refractivity contribution in [2.45, 2.75) is 38.3 Å². The molecule has 0 radical (unpaired) electrons. The van der Waals surface area contributed by atoms with Crippen molar-refractivity contribution in [2.24, 2.45) is 5.73 Å². The minimum absolute atomic E-state index is 0.0831. The highest BCUT2D eigenvalue weighted by Crippen LogP contribution is 2.37. The van der Waals surface area contributed by atoms with Gasteiger partial charge in [0, 0.05) is 30.7 Å². The Kier molecular flexibility index (Phi) is 4.60. The maximum atomic E-state index is 14.1. The van der Waals surface area contributed by atoms with E-state index < -0.39 is 0 Å². The SMILES string of the molecule is CCC(c1cccc(Cl)c1F)N(CCN)C1CC1. The van der Waals surface area contributed by atoms with Crippen LogP contribution in [0.2, 0.25) is 5.02 Å². The minimum atomic E-state index is -0.284. The van der Waals surface area contributed by atoms with E-state index in [4.69, 9.17) is 17.3 Å². The van der Waals surface area contributed by atoms with E-state index in [2.05, 4.69) is 11.8 Å². The van der Waals surface area contributed by atoms with Crippen LogP contribution in [-0.2, 0) is 0 Å². The molecule has 0 heterocycles. The van der Waals surface area contributed by atoms with Crippen molar-refractivity contribution < 1.29 is 4.39 Å². The summed E-state index contributed by atoms with van der Waals surface area (Å²) >= 11 is 5.87. The molecule has 100 valence electrons. The summed E-state index contributed by atoms with van der Waals surface area (Å²) in [5, 5.41) is 0.203. The summed E-state index contributed by atoms with van der Waals surface area (Å²) in [4.78, 5) is 2.33. The predicted octanol–water partition coefficient (Wildman–Crippen LogP) is 3.35. The number of nitrogens with zero attached hydrogens (tertiary/aromatic N) is 1. The van der Waals surface area contributed by atoms with Crippen LogP contribution in [0.5, 0.6) is 0 Å². The number of hydrogen-bond donors (Lipinski definition) is 1. The van der Waals surface area contributed by atoms with Gasteiger partial charge in [-0.3, -0.25) is 4.90 Å². The number of nitrogens with two attached hydrogens (primary N) is 1. The summed E-state index contributed by atoms with van der Waals surface area (Å²) in [6.45, 7) is 3.50. The first-order chi connectivity index (χ1) is 8.69. The van der Waals surface area contributed by atoms with E-state index >= 15 is 0 Å². The van der Waals surface area contributed by atoms with Crippen LogP contribution in [0.1, 0.15) is 37.8 Å². The number of halogens is 2. The Morgan fingerprint density at radius 2 is 2.22 bits per heavy atom. The molecule has 1 atom stereocenters. The van der Waals surface area contributed by atoms with Gasteiger partial charge < -0.3 is 5.73 Å². The van der Waals surface area contributed by atoms with Crippen molar-refractivity contribution in [3.8, 4) is 0 Å². The van der Waals surface area contributed by atoms with Crippen LogP contribution in [0.25, 0.3) is 0 Å². The Balaban J connectivity index is 2.28. The molecule has 1 unspecified atom stereocenters. The topological polar surface area (TPSA) is 29.3 Å². The molecule has 0 aliphatic heterocycles. The molecule has 18 heavy (non-hydrogen) atoms. The molecule has 1 aromatic carbocycles. The molecule has 1 aliphatic carbocycles. The van der Waals surface area contributed by atoms with Crippen molar-refractivity contribution in [2.75, 3.05) is 13.1 Å². The van der Waals surface area contributed by atoms with E-state index in [9.17, 15) is 4.39 Å². The average Bonchev–Trinajstić information content (AvgIpc) is 3.18. The van der Waals surface area contributed by atoms with Gasteiger partial charge in [0.2, 0.25) is 0 Å². The van der Waals surface area contributed by atoms with Crippen LogP contribution >= 0.6 is 11.6 Å². The molecule has 2 N–H and O–H groups in total. The van der Waals surface area contributed by atoms with Crippen molar-refractivity contribution in [1.29, 1.82) is 0 Å². The molecule has 1 saturated carbocycles. The quantitative estimate of drug-likeness (QED) is 0.859. The zero-order chi connectivity index (χ0) is 13.1. The zero-order valence-corrected chi connectivity index (χ0v) is 11.5. The highest BCUT2D eigenvalue weighted by Gasteiger charge is 2.34. The highest BCUT2D eigenvalue weighted by molar-refractivity contribution is 6.30. The van der Waals surface area contributed by atoms with Gasteiger partial charge in [0.15, 0.2) is 0 Å². The third kappa shape index (κ3) is 2.85. The Morgan fingerprint density at radius 3 is 2.78 bits per heavy atom. The lowest BCUT2D eigenvalue weighted by atomic mass is 10.0. The van der Waals surface area contributed by atoms with Crippen LogP contribution in [0.15, 0.2) is 18.2 Å². The maximum absolute atomic E-state index is 14.1. The summed E-state index contributed by atoms with van der Waals surface area (Å²) in [5.41, 5.74) is 6.37. The van der Waals surface area contributed by atoms with Gasteiger partial charge in [0.1, 0.15) is 5.82 Å². The van der Waals surface area contributed by atoms with Crippen molar-refractivity contribution >= 4 is 11.6 Å². The lowest BCUT2D eigenvalue weighted by Crippen LogP contribution is -2.35. The van der Waals surface area contributed by atoms with Crippen molar-refractivity contribution in [1.82, 2.24) is 4.90 Å². The largest absolute Gasteiger partial charge is 0.329 e. The normalized spacial score (nSPS) is 17.2. The van der Waals surface area contributed by atoms with Crippen LogP contribution < -0.4 is 5.73 Å². The van der Waals surface area contributed by atoms with E-state index in [0.717, 1.165) is 13.0 Å². The first kappa shape index (κ1) is 13.8. The molecule has 0 amide bonds. The Bertz CT molecular complexity index is 407. The summed E-state index contributed by atoms with van der Waals surface area (Å²) in [6, 6.07) is 5.90. The molecule has 1 aromatic rings. The second-order valence-electron chi connectivity index (χ2n) is 4.82. The van der Waals surface area contributed by atoms with Crippen LogP contribution in [0.4, 0.5) is 4.39 Å². The fourth-order valence-electron chi connectivity index (χ4n) is 2.56. The molecule has 0 spiro atoms. The molecule has 2 rings (SSSR count). The number of benzene rings is 1. The lowest BCUT2D eigenvalue weighted by molar-refractivity contribution is 0.183. The van der Waals surface area contributed by atoms with Gasteiger partial charge in [-0.1, -0.05) is 30.7 Å². The Hall–Kier alpha value is -0.640. The van der Waals surface area contributed by atoms with Gasteiger partial charge in [0.05, 0.1) is 5.02 Å². The van der Waals surface area contributed by atoms with E-state index in [1.807, 2.05) is 12.1 Å². The van der Waals surface area contributed by atoms with Gasteiger partial charge in [0.25, 0.3) is 0 Å². The summed E-state index contributed by atoms with van der Waals surface area (Å²) in [7, 11) is 0. The lowest BCUT2D eigenvalue weighted by Gasteiger charge is -2.31. The number of hydrogen-bond acceptors (Lipinski definition) is 2. The monoisotopic (exact) mass is 270 g/mol. The number of rotatable bonds is 6. The van der Waals surface area contributed by atoms with Crippen LogP contribution in [0.3, 0.4) is 0 Å². The molecule has 0 saturated heterocycles. The predicted molar refractivity (Wildman–Crippen MR) is 73.2 cm³/mol. The smallest absolute Gasteiger partial charge is 0.146 e. The fraction of sp³-hybridized carbons (Fsp3) is 0.571. The van der Waals surface area contributed by atoms with Crippen molar-refractivity contribution in [3.05, 3.63) is 34.6 Å². The highest BCUT2D eigenvalue weighted by atomic mass is 35.5. The minimum Gasteiger partial charge on any atom is -0.329 e. The third-order valence-corrected chi connectivity index (χ3v) is 3.82. The van der Waals surface area contributed by atoms with Gasteiger partial charge in [-0.25, -0.2) is 4.39 Å². The fourth-order valence-corrected chi connectivity index (χ4v) is 2.74. The van der Waals surface area contributed by atoms with Gasteiger partial charge in [-0.15, -0.1) is 0 Å². The molecular weight excluding hydrogens is 251 g/mol. The van der Waals surface area contributed by atoms with Crippen LogP contribution in [0, 0.1) is 5.82 Å². The van der Waals surface area contributed by atoms with E-state index in [-0.39, 0.29) is 16.9 Å². The van der Waals surface area contributed by atoms with Crippen molar-refractivity contribution in [3.63, 3.8) is 0 Å². The first-order valence-corrected chi connectivity index (χ1v) is 6.96. The Morgan fingerprint density at radius 1 is 1.50 bits per heavy atom. The van der Waals surface area contributed by atoms with E-state index in [1.54, 1.807) is 6.07 Å². The van der Waals surface area contributed by atoms with Gasteiger partial charge in [-0.05, 0) is 25.3 Å². The first-order valence-electron chi connectivity index (χ1n) is 6.58. The zero-order valence-electron chi connectivity index (χ0n) is 10.7. The summed E-state index contributed by atoms with van der Waals surface area (Å²) in [6.07, 6.45) is 3.26. The van der Waals surface area contributed by atoms with Crippen LogP contribution in [-0.4, -0.2) is 24.0 Å². The molecular formula is C14H20ClFN2. The molecule has 0 aromatic heterocycles. The average molecular weight is 271 g/mol. The second kappa shape index (κ2) is 6.00. The van der Waals surface area contributed by atoms with E-state index in [1.165, 1.54) is 12.8 Å². The maximum Gasteiger partial charge on any atom is 0.146 e. The molecule has 2 nitrogen and oxygen atoms in total. The Labute approximate surface area is 113 Å². The molecule has 1 aliphatic rings. The van der Waals surface area contributed by atoms with Gasteiger partial charge >= 0.3 is 0 Å². The second-order valence-corrected chi connectivity index (χ2v) is 5.23. The molecule has 1 fully saturated rings. The third-order valence-electron chi connectivity index (χ3n) is 3.53. The molecule has 0 bridgehead atoms. The standard InChI is InChI=1S/C14H20ClFN2/c1-2-13(18(9-8-17)10-6-7-10)11-4-3-5-12(15)14(11)16/h3-5,10,13H,2,6-9,17H2,1H3. The van der Waals surface area contributed by atoms with Gasteiger partial charge in [-0.2, -0.15) is 0 Å². The summed E-state index contributed by atoms with van der Waals surface area (Å²) in [5.74, 6) is -0.284. The molecule has 4 heteroatoms. The van der Waals surface area contributed by atoms with E-state index in [0.29, 0.717) is 18.2 Å². The summed E-state index contributed by atoms with van der Waals surface area (Å²) < 4.78 is 14.1.